The summed E-state index contributed by atoms with van der Waals surface area (Å²) in [7, 11) is 2.59. The van der Waals surface area contributed by atoms with E-state index in [4.69, 9.17) is 14.2 Å². The number of imidazole rings is 1. The van der Waals surface area contributed by atoms with E-state index in [0.29, 0.717) is 4.90 Å². The molecule has 1 aromatic heterocycles. The number of aromatic carboxylic acids is 1. The Morgan fingerprint density at radius 3 is 1.90 bits per heavy atom. The molecule has 1 aromatic carbocycles. The first-order chi connectivity index (χ1) is 14.1. The van der Waals surface area contributed by atoms with Gasteiger partial charge in [-0.2, -0.15) is 4.90 Å². The summed E-state index contributed by atoms with van der Waals surface area (Å²) in [6.45, 7) is 9.52. The molecule has 2 aromatic rings. The minimum atomic E-state index is -1.49. The van der Waals surface area contributed by atoms with Gasteiger partial charge in [-0.1, -0.05) is 0 Å². The number of benzene rings is 1. The van der Waals surface area contributed by atoms with E-state index in [1.807, 2.05) is 0 Å². The summed E-state index contributed by atoms with van der Waals surface area (Å²) in [4.78, 5) is 53.6. The molecule has 0 bridgehead atoms. The highest BCUT2D eigenvalue weighted by molar-refractivity contribution is 6.19. The van der Waals surface area contributed by atoms with Crippen molar-refractivity contribution < 1.29 is 33.7 Å². The van der Waals surface area contributed by atoms with Gasteiger partial charge in [0.15, 0.2) is 0 Å². The molecule has 0 fully saturated rings. The zero-order valence-electron chi connectivity index (χ0n) is 18.8. The molecule has 2 amide bonds. The molecular weight excluding hydrogens is 410 g/mol. The molecule has 0 saturated carbocycles. The van der Waals surface area contributed by atoms with Crippen molar-refractivity contribution in [3.63, 3.8) is 0 Å². The number of aromatic nitrogens is 2. The first-order valence-electron chi connectivity index (χ1n) is 9.36. The van der Waals surface area contributed by atoms with Gasteiger partial charge in [-0.15, -0.1) is 0 Å². The van der Waals surface area contributed by atoms with Crippen LogP contribution in [0, 0.1) is 0 Å². The molecule has 1 heterocycles. The third kappa shape index (κ3) is 4.98. The second kappa shape index (κ2) is 7.97. The number of carboxylic acids is 1. The Kier molecular flexibility index (Phi) is 6.11. The maximum absolute atomic E-state index is 13.1. The van der Waals surface area contributed by atoms with Crippen LogP contribution in [-0.2, 0) is 16.5 Å². The van der Waals surface area contributed by atoms with Gasteiger partial charge in [0, 0.05) is 13.1 Å². The first kappa shape index (κ1) is 23.8. The van der Waals surface area contributed by atoms with Crippen molar-refractivity contribution in [2.75, 3.05) is 12.0 Å². The maximum atomic E-state index is 13.1. The molecule has 11 heteroatoms. The van der Waals surface area contributed by atoms with Crippen molar-refractivity contribution >= 4 is 34.9 Å². The van der Waals surface area contributed by atoms with Crippen LogP contribution in [0.25, 0.3) is 11.0 Å². The number of nitrogens with one attached hydrogen (secondary N) is 1. The monoisotopic (exact) mass is 437 g/mol. The Morgan fingerprint density at radius 2 is 1.52 bits per heavy atom. The number of H-pyrrole nitrogens is 1. The summed E-state index contributed by atoms with van der Waals surface area (Å²) in [6.07, 6.45) is -2.35. The van der Waals surface area contributed by atoms with Crippen LogP contribution in [0.3, 0.4) is 0 Å². The quantitative estimate of drug-likeness (QED) is 0.746. The smallest absolute Gasteiger partial charge is 0.424 e. The minimum absolute atomic E-state index is 0.0140. The zero-order chi connectivity index (χ0) is 23.9. The number of imide groups is 1. The molecule has 2 rings (SSSR count). The maximum Gasteiger partial charge on any atom is 0.424 e. The number of methoxy groups -OCH3 is 1. The predicted molar refractivity (Wildman–Crippen MR) is 112 cm³/mol. The van der Waals surface area contributed by atoms with Crippen LogP contribution in [-0.4, -0.2) is 51.1 Å². The molecule has 170 valence electrons. The topological polar surface area (TPSA) is 140 Å². The number of amides is 2. The van der Waals surface area contributed by atoms with Crippen molar-refractivity contribution in [1.29, 1.82) is 0 Å². The Labute approximate surface area is 178 Å². The van der Waals surface area contributed by atoms with E-state index in [2.05, 4.69) is 4.98 Å². The fraction of sp³-hybridized carbons (Fsp3) is 0.500. The zero-order valence-corrected chi connectivity index (χ0v) is 18.8. The lowest BCUT2D eigenvalue weighted by molar-refractivity contribution is 0.0431. The number of hydrogen-bond acceptors (Lipinski definition) is 7. The second-order valence-corrected chi connectivity index (χ2v) is 8.79. The second-order valence-electron chi connectivity index (χ2n) is 8.79. The average Bonchev–Trinajstić information content (AvgIpc) is 2.85. The largest absolute Gasteiger partial charge is 0.496 e. The Bertz CT molecular complexity index is 1070. The minimum Gasteiger partial charge on any atom is -0.496 e. The fourth-order valence-electron chi connectivity index (χ4n) is 2.83. The van der Waals surface area contributed by atoms with Gasteiger partial charge in [0.25, 0.3) is 0 Å². The van der Waals surface area contributed by atoms with E-state index < -0.39 is 46.3 Å². The molecule has 0 saturated heterocycles. The predicted octanol–water partition coefficient (Wildman–Crippen LogP) is 3.25. The van der Waals surface area contributed by atoms with Crippen molar-refractivity contribution in [2.24, 2.45) is 7.05 Å². The van der Waals surface area contributed by atoms with Crippen LogP contribution >= 0.6 is 0 Å². The third-order valence-corrected chi connectivity index (χ3v) is 3.93. The lowest BCUT2D eigenvalue weighted by atomic mass is 10.1. The number of fused-ring (bicyclic) bond motifs is 1. The number of hydrogen-bond donors (Lipinski definition) is 2. The molecule has 31 heavy (non-hydrogen) atoms. The highest BCUT2D eigenvalue weighted by Gasteiger charge is 2.38. The van der Waals surface area contributed by atoms with E-state index in [1.165, 1.54) is 20.2 Å². The molecule has 2 N–H and O–H groups in total. The Morgan fingerprint density at radius 1 is 1.03 bits per heavy atom. The lowest BCUT2D eigenvalue weighted by Gasteiger charge is -2.29. The molecule has 0 aliphatic heterocycles. The summed E-state index contributed by atoms with van der Waals surface area (Å²) < 4.78 is 17.0. The lowest BCUT2D eigenvalue weighted by Crippen LogP contribution is -2.44. The highest BCUT2D eigenvalue weighted by atomic mass is 16.6. The molecule has 0 unspecified atom stereocenters. The van der Waals surface area contributed by atoms with E-state index in [0.717, 1.165) is 4.57 Å². The number of anilines is 1. The van der Waals surface area contributed by atoms with Gasteiger partial charge in [-0.25, -0.2) is 19.2 Å². The normalized spacial score (nSPS) is 11.9. The summed E-state index contributed by atoms with van der Waals surface area (Å²) in [5.74, 6) is -1.66. The summed E-state index contributed by atoms with van der Waals surface area (Å²) in [6, 6.07) is 1.30. The number of carboxylic acid groups (broad SMARTS) is 1. The first-order valence-corrected chi connectivity index (χ1v) is 9.36. The van der Waals surface area contributed by atoms with E-state index in [9.17, 15) is 24.3 Å². The van der Waals surface area contributed by atoms with Gasteiger partial charge < -0.3 is 24.3 Å². The number of aryl methyl sites for hydroxylation is 1. The van der Waals surface area contributed by atoms with Gasteiger partial charge in [0.1, 0.15) is 28.2 Å². The summed E-state index contributed by atoms with van der Waals surface area (Å²) in [5.41, 5.74) is -3.39. The van der Waals surface area contributed by atoms with Gasteiger partial charge in [0.05, 0.1) is 18.1 Å². The van der Waals surface area contributed by atoms with Gasteiger partial charge in [-0.3, -0.25) is 4.57 Å². The standard InChI is InChI=1S/C20H27N3O8/c1-19(2,3)30-17(27)23(18(28)31-20(4,5)6)14-12(15(24)25)11(29-8)9-10-13(14)22(7)16(26)21-10/h9H,1-8H3,(H,21,26)(H,24,25). The van der Waals surface area contributed by atoms with E-state index >= 15 is 0 Å². The van der Waals surface area contributed by atoms with E-state index in [-0.39, 0.29) is 16.8 Å². The van der Waals surface area contributed by atoms with Gasteiger partial charge in [-0.05, 0) is 41.5 Å². The molecule has 0 spiro atoms. The number of rotatable bonds is 3. The van der Waals surface area contributed by atoms with Crippen LogP contribution in [0.5, 0.6) is 5.75 Å². The molecule has 11 nitrogen and oxygen atoms in total. The number of carbonyl (C=O) groups is 3. The number of ether oxygens (including phenoxy) is 3. The molecule has 0 aliphatic rings. The SMILES string of the molecule is COc1cc2[nH]c(=O)n(C)c2c(N(C(=O)OC(C)(C)C)C(=O)OC(C)(C)C)c1C(=O)O. The van der Waals surface area contributed by atoms with Crippen LogP contribution in [0.2, 0.25) is 0 Å². The summed E-state index contributed by atoms with van der Waals surface area (Å²) >= 11 is 0. The van der Waals surface area contributed by atoms with Crippen molar-refractivity contribution in [2.45, 2.75) is 52.7 Å². The van der Waals surface area contributed by atoms with Crippen molar-refractivity contribution in [3.8, 4) is 5.75 Å². The fourth-order valence-corrected chi connectivity index (χ4v) is 2.83. The molecule has 0 atom stereocenters. The van der Waals surface area contributed by atoms with Crippen LogP contribution in [0.15, 0.2) is 10.9 Å². The average molecular weight is 437 g/mol. The highest BCUT2D eigenvalue weighted by Crippen LogP contribution is 2.38. The van der Waals surface area contributed by atoms with Crippen LogP contribution in [0.4, 0.5) is 15.3 Å². The van der Waals surface area contributed by atoms with Crippen LogP contribution in [0.1, 0.15) is 51.9 Å². The summed E-state index contributed by atoms with van der Waals surface area (Å²) in [5, 5.41) is 9.90. The van der Waals surface area contributed by atoms with Crippen LogP contribution < -0.4 is 15.3 Å². The van der Waals surface area contributed by atoms with Gasteiger partial charge >= 0.3 is 23.8 Å². The third-order valence-electron chi connectivity index (χ3n) is 3.93. The molecule has 0 aliphatic carbocycles. The molecular formula is C20H27N3O8. The Balaban J connectivity index is 2.97. The van der Waals surface area contributed by atoms with Gasteiger partial charge in [0.2, 0.25) is 0 Å². The number of carbonyl (C=O) groups excluding carboxylic acids is 2. The van der Waals surface area contributed by atoms with Crippen molar-refractivity contribution in [3.05, 3.63) is 22.1 Å². The molecule has 0 radical (unpaired) electrons. The van der Waals surface area contributed by atoms with E-state index in [1.54, 1.807) is 41.5 Å². The Hall–Kier alpha value is -3.50. The number of aromatic amines is 1. The number of nitrogens with zero attached hydrogens (tertiary/aromatic N) is 2. The van der Waals surface area contributed by atoms with Crippen molar-refractivity contribution in [1.82, 2.24) is 9.55 Å².